The van der Waals surface area contributed by atoms with Gasteiger partial charge in [-0.2, -0.15) is 0 Å². The zero-order valence-corrected chi connectivity index (χ0v) is 11.8. The van der Waals surface area contributed by atoms with E-state index < -0.39 is 0 Å². The van der Waals surface area contributed by atoms with Gasteiger partial charge in [-0.1, -0.05) is 25.1 Å². The smallest absolute Gasteiger partial charge is 0.0345 e. The molecule has 2 aromatic rings. The molecule has 0 unspecified atom stereocenters. The Balaban J connectivity index is 1.84. The molecule has 1 nitrogen and oxygen atoms in total. The lowest BCUT2D eigenvalue weighted by molar-refractivity contribution is 0.244. The van der Waals surface area contributed by atoms with Gasteiger partial charge in [-0.25, -0.2) is 0 Å². The molecule has 2 heteroatoms. The maximum Gasteiger partial charge on any atom is 0.0345 e. The second-order valence-corrected chi connectivity index (χ2v) is 6.89. The van der Waals surface area contributed by atoms with Gasteiger partial charge >= 0.3 is 0 Å². The van der Waals surface area contributed by atoms with Crippen molar-refractivity contribution in [1.29, 1.82) is 0 Å². The van der Waals surface area contributed by atoms with Crippen LogP contribution in [0.3, 0.4) is 0 Å². The predicted molar refractivity (Wildman–Crippen MR) is 80.1 cm³/mol. The van der Waals surface area contributed by atoms with E-state index in [9.17, 15) is 0 Å². The Morgan fingerprint density at radius 1 is 1.28 bits per heavy atom. The van der Waals surface area contributed by atoms with Gasteiger partial charge in [0.05, 0.1) is 0 Å². The summed E-state index contributed by atoms with van der Waals surface area (Å²) in [5, 5.41) is 3.71. The molecular weight excluding hydrogens is 238 g/mol. The summed E-state index contributed by atoms with van der Waals surface area (Å²) in [6.45, 7) is 2.35. The molecule has 1 aromatic carbocycles. The van der Waals surface area contributed by atoms with Gasteiger partial charge in [0.15, 0.2) is 0 Å². The van der Waals surface area contributed by atoms with E-state index in [-0.39, 0.29) is 5.54 Å². The summed E-state index contributed by atoms with van der Waals surface area (Å²) in [4.78, 5) is 0. The molecule has 0 saturated heterocycles. The Morgan fingerprint density at radius 3 is 2.78 bits per heavy atom. The Morgan fingerprint density at radius 2 is 2.00 bits per heavy atom. The molecule has 1 aliphatic carbocycles. The van der Waals surface area contributed by atoms with Gasteiger partial charge in [0, 0.05) is 10.2 Å². The lowest BCUT2D eigenvalue weighted by atomic mass is 9.75. The van der Waals surface area contributed by atoms with Crippen LogP contribution in [0.5, 0.6) is 0 Å². The molecule has 1 heterocycles. The van der Waals surface area contributed by atoms with Crippen LogP contribution in [0.15, 0.2) is 29.6 Å². The van der Waals surface area contributed by atoms with Gasteiger partial charge in [0.2, 0.25) is 0 Å². The molecule has 2 N–H and O–H groups in total. The lowest BCUT2D eigenvalue weighted by Gasteiger charge is -2.36. The molecule has 1 saturated carbocycles. The summed E-state index contributed by atoms with van der Waals surface area (Å²) in [6, 6.07) is 8.68. The van der Waals surface area contributed by atoms with E-state index in [1.54, 1.807) is 0 Å². The van der Waals surface area contributed by atoms with Crippen LogP contribution in [-0.4, -0.2) is 5.54 Å². The molecule has 96 valence electrons. The number of hydrogen-bond acceptors (Lipinski definition) is 2. The molecular formula is C16H21NS. The number of rotatable bonds is 2. The number of hydrogen-bond donors (Lipinski definition) is 1. The van der Waals surface area contributed by atoms with Crippen molar-refractivity contribution in [3.05, 3.63) is 35.2 Å². The maximum absolute atomic E-state index is 6.61. The van der Waals surface area contributed by atoms with Crippen molar-refractivity contribution in [3.63, 3.8) is 0 Å². The van der Waals surface area contributed by atoms with Crippen molar-refractivity contribution in [2.24, 2.45) is 11.7 Å². The Bertz CT molecular complexity index is 535. The van der Waals surface area contributed by atoms with E-state index in [1.807, 2.05) is 11.3 Å². The second-order valence-electron chi connectivity index (χ2n) is 5.98. The fourth-order valence-electron chi connectivity index (χ4n) is 3.06. The van der Waals surface area contributed by atoms with Crippen molar-refractivity contribution in [2.75, 3.05) is 0 Å². The summed E-state index contributed by atoms with van der Waals surface area (Å²) in [6.07, 6.45) is 5.98. The summed E-state index contributed by atoms with van der Waals surface area (Å²) in [5.74, 6) is 0.862. The van der Waals surface area contributed by atoms with E-state index in [4.69, 9.17) is 5.73 Å². The van der Waals surface area contributed by atoms with Crippen molar-refractivity contribution in [2.45, 2.75) is 44.6 Å². The first kappa shape index (κ1) is 12.2. The average Bonchev–Trinajstić information content (AvgIpc) is 2.77. The van der Waals surface area contributed by atoms with Crippen LogP contribution in [-0.2, 0) is 6.42 Å². The van der Waals surface area contributed by atoms with E-state index in [0.717, 1.165) is 12.3 Å². The van der Waals surface area contributed by atoms with Crippen LogP contribution in [0.4, 0.5) is 0 Å². The highest BCUT2D eigenvalue weighted by molar-refractivity contribution is 7.17. The first-order valence-corrected chi connectivity index (χ1v) is 7.78. The molecule has 1 aromatic heterocycles. The SMILES string of the molecule is CC1CCC(N)(Cc2csc3ccccc23)CC1. The van der Waals surface area contributed by atoms with E-state index in [1.165, 1.54) is 41.3 Å². The molecule has 18 heavy (non-hydrogen) atoms. The van der Waals surface area contributed by atoms with E-state index in [0.29, 0.717) is 0 Å². The topological polar surface area (TPSA) is 26.0 Å². The van der Waals surface area contributed by atoms with E-state index in [2.05, 4.69) is 36.6 Å². The standard InChI is InChI=1S/C16H21NS/c1-12-6-8-16(17,9-7-12)10-13-11-18-15-5-3-2-4-14(13)15/h2-5,11-12H,6-10,17H2,1H3. The zero-order chi connectivity index (χ0) is 12.6. The summed E-state index contributed by atoms with van der Waals surface area (Å²) < 4.78 is 1.39. The Hall–Kier alpha value is -0.860. The summed E-state index contributed by atoms with van der Waals surface area (Å²) in [7, 11) is 0. The molecule has 0 bridgehead atoms. The number of benzene rings is 1. The summed E-state index contributed by atoms with van der Waals surface area (Å²) >= 11 is 1.85. The highest BCUT2D eigenvalue weighted by atomic mass is 32.1. The van der Waals surface area contributed by atoms with Crippen LogP contribution in [0.25, 0.3) is 10.1 Å². The van der Waals surface area contributed by atoms with Crippen LogP contribution >= 0.6 is 11.3 Å². The minimum absolute atomic E-state index is 0.0381. The van der Waals surface area contributed by atoms with Crippen LogP contribution in [0, 0.1) is 5.92 Å². The Kier molecular flexibility index (Phi) is 3.16. The minimum Gasteiger partial charge on any atom is -0.325 e. The monoisotopic (exact) mass is 259 g/mol. The largest absolute Gasteiger partial charge is 0.325 e. The molecule has 3 rings (SSSR count). The molecule has 0 aliphatic heterocycles. The van der Waals surface area contributed by atoms with Gasteiger partial charge in [0.25, 0.3) is 0 Å². The van der Waals surface area contributed by atoms with Gasteiger partial charge in [-0.3, -0.25) is 0 Å². The van der Waals surface area contributed by atoms with E-state index >= 15 is 0 Å². The second kappa shape index (κ2) is 4.67. The minimum atomic E-state index is 0.0381. The first-order chi connectivity index (χ1) is 8.66. The Labute approximate surface area is 113 Å². The van der Waals surface area contributed by atoms with Crippen molar-refractivity contribution in [3.8, 4) is 0 Å². The lowest BCUT2D eigenvalue weighted by Crippen LogP contribution is -2.44. The van der Waals surface area contributed by atoms with Crippen molar-refractivity contribution >= 4 is 21.4 Å². The fraction of sp³-hybridized carbons (Fsp3) is 0.500. The third-order valence-electron chi connectivity index (χ3n) is 4.37. The fourth-order valence-corrected chi connectivity index (χ4v) is 4.03. The van der Waals surface area contributed by atoms with Gasteiger partial charge in [-0.15, -0.1) is 11.3 Å². The average molecular weight is 259 g/mol. The van der Waals surface area contributed by atoms with Crippen molar-refractivity contribution in [1.82, 2.24) is 0 Å². The molecule has 0 atom stereocenters. The highest BCUT2D eigenvalue weighted by Crippen LogP contribution is 2.35. The molecule has 0 radical (unpaired) electrons. The molecule has 0 spiro atoms. The van der Waals surface area contributed by atoms with Crippen molar-refractivity contribution < 1.29 is 0 Å². The normalized spacial score (nSPS) is 28.7. The predicted octanol–water partition coefficient (Wildman–Crippen LogP) is 4.35. The van der Waals surface area contributed by atoms with Gasteiger partial charge in [0.1, 0.15) is 0 Å². The van der Waals surface area contributed by atoms with Crippen LogP contribution < -0.4 is 5.73 Å². The third kappa shape index (κ3) is 2.32. The first-order valence-electron chi connectivity index (χ1n) is 6.90. The highest BCUT2D eigenvalue weighted by Gasteiger charge is 2.30. The number of nitrogens with two attached hydrogens (primary N) is 1. The van der Waals surface area contributed by atoms with Gasteiger partial charge in [-0.05, 0) is 60.4 Å². The molecule has 1 fully saturated rings. The maximum atomic E-state index is 6.61. The third-order valence-corrected chi connectivity index (χ3v) is 5.39. The van der Waals surface area contributed by atoms with Crippen LogP contribution in [0.2, 0.25) is 0 Å². The molecule has 1 aliphatic rings. The van der Waals surface area contributed by atoms with Crippen LogP contribution in [0.1, 0.15) is 38.2 Å². The van der Waals surface area contributed by atoms with Gasteiger partial charge < -0.3 is 5.73 Å². The number of thiophene rings is 1. The quantitative estimate of drug-likeness (QED) is 0.852. The molecule has 0 amide bonds. The number of fused-ring (bicyclic) bond motifs is 1. The zero-order valence-electron chi connectivity index (χ0n) is 11.0. The summed E-state index contributed by atoms with van der Waals surface area (Å²) in [5.41, 5.74) is 8.10.